The molecule has 3 rings (SSSR count). The maximum atomic E-state index is 12.6. The summed E-state index contributed by atoms with van der Waals surface area (Å²) in [5.74, 6) is 0.278. The molecule has 25 heavy (non-hydrogen) atoms. The van der Waals surface area contributed by atoms with Crippen molar-refractivity contribution in [3.63, 3.8) is 0 Å². The summed E-state index contributed by atoms with van der Waals surface area (Å²) in [6.07, 6.45) is 3.57. The third-order valence-corrected chi connectivity index (χ3v) is 4.85. The number of para-hydroxylation sites is 1. The summed E-state index contributed by atoms with van der Waals surface area (Å²) >= 11 is 0. The number of rotatable bonds is 5. The van der Waals surface area contributed by atoms with E-state index in [0.717, 1.165) is 5.56 Å². The molecule has 2 N–H and O–H groups in total. The highest BCUT2D eigenvalue weighted by atomic mass is 32.2. The number of hydrogen-bond acceptors (Lipinski definition) is 4. The van der Waals surface area contributed by atoms with E-state index in [2.05, 4.69) is 0 Å². The van der Waals surface area contributed by atoms with E-state index in [1.807, 2.05) is 18.2 Å². The zero-order valence-electron chi connectivity index (χ0n) is 13.4. The maximum Gasteiger partial charge on any atom is 0.339 e. The van der Waals surface area contributed by atoms with E-state index in [1.165, 1.54) is 6.07 Å². The second-order valence-corrected chi connectivity index (χ2v) is 6.90. The summed E-state index contributed by atoms with van der Waals surface area (Å²) in [6, 6.07) is 22.5. The molecule has 0 fully saturated rings. The molecule has 0 aliphatic rings. The molecule has 0 bridgehead atoms. The van der Waals surface area contributed by atoms with Crippen LogP contribution in [-0.4, -0.2) is 8.42 Å². The summed E-state index contributed by atoms with van der Waals surface area (Å²) in [5, 5.41) is 0. The number of benzene rings is 3. The molecule has 0 saturated heterocycles. The fourth-order valence-electron chi connectivity index (χ4n) is 2.29. The highest BCUT2D eigenvalue weighted by Gasteiger charge is 2.19. The van der Waals surface area contributed by atoms with Crippen molar-refractivity contribution < 1.29 is 12.6 Å². The molecule has 0 aromatic heterocycles. The van der Waals surface area contributed by atoms with Crippen LogP contribution in [-0.2, 0) is 10.1 Å². The van der Waals surface area contributed by atoms with E-state index in [4.69, 9.17) is 9.92 Å². The van der Waals surface area contributed by atoms with Gasteiger partial charge < -0.3 is 9.92 Å². The van der Waals surface area contributed by atoms with Crippen molar-refractivity contribution in [3.05, 3.63) is 90.0 Å². The SMILES string of the molecule is Nc1ccc(C=Cc2ccccc2S(=O)(=O)Oc2ccccc2)cc1. The monoisotopic (exact) mass is 351 g/mol. The zero-order valence-corrected chi connectivity index (χ0v) is 14.2. The van der Waals surface area contributed by atoms with Gasteiger partial charge in [-0.15, -0.1) is 0 Å². The van der Waals surface area contributed by atoms with E-state index in [-0.39, 0.29) is 10.6 Å². The van der Waals surface area contributed by atoms with Gasteiger partial charge in [-0.3, -0.25) is 0 Å². The van der Waals surface area contributed by atoms with Crippen molar-refractivity contribution in [1.82, 2.24) is 0 Å². The molecule has 0 atom stereocenters. The smallest absolute Gasteiger partial charge is 0.339 e. The van der Waals surface area contributed by atoms with E-state index in [0.29, 0.717) is 11.3 Å². The Labute approximate surface area is 147 Å². The minimum Gasteiger partial charge on any atom is -0.399 e. The summed E-state index contributed by atoms with van der Waals surface area (Å²) in [5.41, 5.74) is 7.82. The molecule has 5 heteroatoms. The third kappa shape index (κ3) is 4.28. The normalized spacial score (nSPS) is 11.5. The average Bonchev–Trinajstić information content (AvgIpc) is 2.62. The van der Waals surface area contributed by atoms with Crippen LogP contribution in [0.3, 0.4) is 0 Å². The molecule has 0 aliphatic heterocycles. The van der Waals surface area contributed by atoms with Crippen molar-refractivity contribution in [1.29, 1.82) is 0 Å². The standard InChI is InChI=1S/C20H17NO3S/c21-18-14-11-16(12-15-18)10-13-17-6-4-5-9-20(17)25(22,23)24-19-7-2-1-3-8-19/h1-15H,21H2. The first kappa shape index (κ1) is 16.8. The number of hydrogen-bond donors (Lipinski definition) is 1. The molecule has 0 amide bonds. The predicted octanol–water partition coefficient (Wildman–Crippen LogP) is 4.21. The lowest BCUT2D eigenvalue weighted by atomic mass is 10.1. The van der Waals surface area contributed by atoms with Crippen LogP contribution in [0.15, 0.2) is 83.8 Å². The molecule has 0 saturated carbocycles. The van der Waals surface area contributed by atoms with Gasteiger partial charge in [-0.1, -0.05) is 60.7 Å². The summed E-state index contributed by atoms with van der Waals surface area (Å²) in [4.78, 5) is 0.116. The van der Waals surface area contributed by atoms with Gasteiger partial charge in [-0.05, 0) is 41.5 Å². The molecule has 3 aromatic carbocycles. The van der Waals surface area contributed by atoms with Gasteiger partial charge in [0.1, 0.15) is 10.6 Å². The number of nitrogen functional groups attached to an aromatic ring is 1. The van der Waals surface area contributed by atoms with Crippen LogP contribution in [0.25, 0.3) is 12.2 Å². The van der Waals surface area contributed by atoms with Gasteiger partial charge in [0.2, 0.25) is 0 Å². The number of anilines is 1. The average molecular weight is 351 g/mol. The Bertz CT molecular complexity index is 979. The Morgan fingerprint density at radius 3 is 2.12 bits per heavy atom. The highest BCUT2D eigenvalue weighted by Crippen LogP contribution is 2.23. The lowest BCUT2D eigenvalue weighted by molar-refractivity contribution is 0.486. The molecule has 4 nitrogen and oxygen atoms in total. The van der Waals surface area contributed by atoms with Crippen molar-refractivity contribution in [2.24, 2.45) is 0 Å². The minimum absolute atomic E-state index is 0.116. The van der Waals surface area contributed by atoms with Gasteiger partial charge in [0.05, 0.1) is 0 Å². The first-order valence-corrected chi connectivity index (χ1v) is 9.08. The van der Waals surface area contributed by atoms with Crippen LogP contribution >= 0.6 is 0 Å². The fraction of sp³-hybridized carbons (Fsp3) is 0. The van der Waals surface area contributed by atoms with Crippen molar-refractivity contribution >= 4 is 28.0 Å². The highest BCUT2D eigenvalue weighted by molar-refractivity contribution is 7.87. The number of nitrogens with two attached hydrogens (primary N) is 1. The summed E-state index contributed by atoms with van der Waals surface area (Å²) in [7, 11) is -3.93. The first-order valence-electron chi connectivity index (χ1n) is 7.67. The van der Waals surface area contributed by atoms with Crippen molar-refractivity contribution in [2.75, 3.05) is 5.73 Å². The Morgan fingerprint density at radius 2 is 1.40 bits per heavy atom. The second-order valence-electron chi connectivity index (χ2n) is 5.39. The summed E-state index contributed by atoms with van der Waals surface area (Å²) < 4.78 is 30.4. The van der Waals surface area contributed by atoms with Gasteiger partial charge >= 0.3 is 10.1 Å². The van der Waals surface area contributed by atoms with Crippen LogP contribution in [0.1, 0.15) is 11.1 Å². The molecular formula is C20H17NO3S. The second kappa shape index (κ2) is 7.23. The van der Waals surface area contributed by atoms with Gasteiger partial charge in [0.15, 0.2) is 0 Å². The maximum absolute atomic E-state index is 12.6. The molecule has 0 spiro atoms. The molecule has 126 valence electrons. The van der Waals surface area contributed by atoms with Crippen LogP contribution in [0.2, 0.25) is 0 Å². The Hall–Kier alpha value is -3.05. The predicted molar refractivity (Wildman–Crippen MR) is 100 cm³/mol. The third-order valence-electron chi connectivity index (χ3n) is 3.53. The van der Waals surface area contributed by atoms with Crippen LogP contribution in [0, 0.1) is 0 Å². The van der Waals surface area contributed by atoms with Crippen LogP contribution < -0.4 is 9.92 Å². The van der Waals surface area contributed by atoms with Crippen molar-refractivity contribution in [3.8, 4) is 5.75 Å². The Kier molecular flexibility index (Phi) is 4.86. The van der Waals surface area contributed by atoms with Gasteiger partial charge in [-0.25, -0.2) is 0 Å². The van der Waals surface area contributed by atoms with Gasteiger partial charge in [-0.2, -0.15) is 8.42 Å². The topological polar surface area (TPSA) is 69.4 Å². The molecule has 0 radical (unpaired) electrons. The lowest BCUT2D eigenvalue weighted by Gasteiger charge is -2.09. The molecular weight excluding hydrogens is 334 g/mol. The Morgan fingerprint density at radius 1 is 0.760 bits per heavy atom. The lowest BCUT2D eigenvalue weighted by Crippen LogP contribution is -2.11. The van der Waals surface area contributed by atoms with E-state index in [9.17, 15) is 8.42 Å². The van der Waals surface area contributed by atoms with Crippen LogP contribution in [0.4, 0.5) is 5.69 Å². The quantitative estimate of drug-likeness (QED) is 0.425. The molecule has 3 aromatic rings. The van der Waals surface area contributed by atoms with E-state index in [1.54, 1.807) is 66.7 Å². The van der Waals surface area contributed by atoms with Crippen molar-refractivity contribution in [2.45, 2.75) is 4.90 Å². The van der Waals surface area contributed by atoms with E-state index < -0.39 is 10.1 Å². The minimum atomic E-state index is -3.93. The van der Waals surface area contributed by atoms with Crippen LogP contribution in [0.5, 0.6) is 5.75 Å². The molecule has 0 heterocycles. The fourth-order valence-corrected chi connectivity index (χ4v) is 3.41. The van der Waals surface area contributed by atoms with Gasteiger partial charge in [0, 0.05) is 5.69 Å². The summed E-state index contributed by atoms with van der Waals surface area (Å²) in [6.45, 7) is 0. The Balaban J connectivity index is 1.91. The molecule has 0 unspecified atom stereocenters. The van der Waals surface area contributed by atoms with E-state index >= 15 is 0 Å². The van der Waals surface area contributed by atoms with Gasteiger partial charge in [0.25, 0.3) is 0 Å². The largest absolute Gasteiger partial charge is 0.399 e. The zero-order chi connectivity index (χ0) is 17.7. The molecule has 0 aliphatic carbocycles. The first-order chi connectivity index (χ1) is 12.0.